The monoisotopic (exact) mass is 290 g/mol. The van der Waals surface area contributed by atoms with E-state index >= 15 is 0 Å². The minimum Gasteiger partial charge on any atom is -0.275 e. The lowest BCUT2D eigenvalue weighted by atomic mass is 10.1. The Balaban J connectivity index is 1.94. The number of hydrogen-bond donors (Lipinski definition) is 2. The molecule has 104 valence electrons. The van der Waals surface area contributed by atoms with Gasteiger partial charge in [0.15, 0.2) is 0 Å². The van der Waals surface area contributed by atoms with Crippen molar-refractivity contribution in [1.82, 2.24) is 10.2 Å². The molecule has 2 rings (SSSR count). The summed E-state index contributed by atoms with van der Waals surface area (Å²) in [5.74, 6) is 0. The van der Waals surface area contributed by atoms with Gasteiger partial charge in [-0.2, -0.15) is 10.2 Å². The first kappa shape index (κ1) is 14.3. The van der Waals surface area contributed by atoms with Crippen molar-refractivity contribution >= 4 is 23.0 Å². The lowest BCUT2D eigenvalue weighted by Gasteiger charge is -2.04. The first-order valence-electron chi connectivity index (χ1n) is 6.23. The highest BCUT2D eigenvalue weighted by molar-refractivity contribution is 6.32. The number of anilines is 1. The van der Waals surface area contributed by atoms with Crippen molar-refractivity contribution in [3.8, 4) is 0 Å². The van der Waals surface area contributed by atoms with Crippen molar-refractivity contribution in [2.24, 2.45) is 5.10 Å². The zero-order valence-corrected chi connectivity index (χ0v) is 11.8. The van der Waals surface area contributed by atoms with Gasteiger partial charge in [0, 0.05) is 5.71 Å². The number of halogens is 1. The Hall–Kier alpha value is -2.14. The molecule has 0 radical (unpaired) electrons. The van der Waals surface area contributed by atoms with Crippen LogP contribution in [-0.4, -0.2) is 15.9 Å². The van der Waals surface area contributed by atoms with E-state index in [1.807, 2.05) is 25.1 Å². The number of nitrogens with zero attached hydrogens (tertiary/aromatic N) is 2. The van der Waals surface area contributed by atoms with Crippen LogP contribution in [0.15, 0.2) is 46.4 Å². The minimum atomic E-state index is -0.436. The van der Waals surface area contributed by atoms with E-state index in [-0.39, 0.29) is 5.02 Å². The number of aryl methyl sites for hydroxylation is 1. The smallest absolute Gasteiger partial charge is 0.275 e. The average Bonchev–Trinajstić information content (AvgIpc) is 2.48. The third-order valence-corrected chi connectivity index (χ3v) is 3.16. The summed E-state index contributed by atoms with van der Waals surface area (Å²) >= 11 is 5.83. The van der Waals surface area contributed by atoms with E-state index < -0.39 is 5.56 Å². The van der Waals surface area contributed by atoms with Crippen LogP contribution in [0.5, 0.6) is 0 Å². The van der Waals surface area contributed by atoms with E-state index in [0.29, 0.717) is 5.69 Å². The maximum absolute atomic E-state index is 11.3. The molecule has 5 nitrogen and oxygen atoms in total. The van der Waals surface area contributed by atoms with Gasteiger partial charge in [0.1, 0.15) is 10.7 Å². The van der Waals surface area contributed by atoms with Gasteiger partial charge in [-0.15, -0.1) is 0 Å². The van der Waals surface area contributed by atoms with Gasteiger partial charge in [-0.1, -0.05) is 41.9 Å². The molecule has 1 aromatic carbocycles. The number of hydrazone groups is 1. The Morgan fingerprint density at radius 1 is 1.40 bits per heavy atom. The molecule has 20 heavy (non-hydrogen) atoms. The Labute approximate surface area is 121 Å². The third-order valence-electron chi connectivity index (χ3n) is 2.78. The topological polar surface area (TPSA) is 70.1 Å². The van der Waals surface area contributed by atoms with Crippen LogP contribution in [0.3, 0.4) is 0 Å². The van der Waals surface area contributed by atoms with Crippen molar-refractivity contribution in [3.05, 3.63) is 57.5 Å². The molecule has 1 heterocycles. The number of rotatable bonds is 5. The van der Waals surface area contributed by atoms with E-state index in [1.165, 1.54) is 11.8 Å². The molecule has 1 aromatic heterocycles. The summed E-state index contributed by atoms with van der Waals surface area (Å²) in [5, 5.41) is 10.2. The normalized spacial score (nSPS) is 11.4. The molecule has 0 aliphatic rings. The Morgan fingerprint density at radius 3 is 2.90 bits per heavy atom. The van der Waals surface area contributed by atoms with Crippen molar-refractivity contribution in [1.29, 1.82) is 0 Å². The first-order valence-corrected chi connectivity index (χ1v) is 6.61. The fraction of sp³-hybridized carbons (Fsp3) is 0.214. The standard InChI is InChI=1S/C14H15ClN4O/c1-10(7-8-11-5-3-2-4-6-11)17-18-12-9-16-19-14(20)13(12)15/h2-6,9H,7-8H2,1H3,(H2,18,19,20)/b17-10-. The molecule has 0 fully saturated rings. The molecule has 0 aliphatic heterocycles. The Bertz CT molecular complexity index is 652. The van der Waals surface area contributed by atoms with Crippen LogP contribution < -0.4 is 11.0 Å². The van der Waals surface area contributed by atoms with Gasteiger partial charge in [-0.05, 0) is 25.3 Å². The fourth-order valence-corrected chi connectivity index (χ4v) is 1.78. The van der Waals surface area contributed by atoms with Crippen molar-refractivity contribution in [2.45, 2.75) is 19.8 Å². The Kier molecular flexibility index (Phi) is 4.90. The van der Waals surface area contributed by atoms with Gasteiger partial charge in [0.2, 0.25) is 0 Å². The van der Waals surface area contributed by atoms with E-state index in [1.54, 1.807) is 0 Å². The molecule has 0 bridgehead atoms. The van der Waals surface area contributed by atoms with E-state index in [2.05, 4.69) is 32.9 Å². The SMILES string of the molecule is C/C(CCc1ccccc1)=N/Nc1cn[nH]c(=O)c1Cl. The number of H-pyrrole nitrogens is 1. The van der Waals surface area contributed by atoms with Crippen LogP contribution in [0.2, 0.25) is 5.02 Å². The van der Waals surface area contributed by atoms with E-state index in [4.69, 9.17) is 11.6 Å². The van der Waals surface area contributed by atoms with Gasteiger partial charge in [-0.25, -0.2) is 5.10 Å². The molecular formula is C14H15ClN4O. The highest BCUT2D eigenvalue weighted by Gasteiger charge is 2.03. The molecule has 0 amide bonds. The maximum atomic E-state index is 11.3. The molecule has 0 spiro atoms. The number of aromatic amines is 1. The average molecular weight is 291 g/mol. The van der Waals surface area contributed by atoms with Crippen LogP contribution >= 0.6 is 11.6 Å². The molecule has 0 saturated carbocycles. The van der Waals surface area contributed by atoms with Crippen LogP contribution in [0.1, 0.15) is 18.9 Å². The zero-order valence-electron chi connectivity index (χ0n) is 11.1. The van der Waals surface area contributed by atoms with Crippen molar-refractivity contribution < 1.29 is 0 Å². The molecule has 0 aliphatic carbocycles. The van der Waals surface area contributed by atoms with Gasteiger partial charge in [-0.3, -0.25) is 10.2 Å². The van der Waals surface area contributed by atoms with Gasteiger partial charge in [0.05, 0.1) is 6.20 Å². The quantitative estimate of drug-likeness (QED) is 0.657. The summed E-state index contributed by atoms with van der Waals surface area (Å²) < 4.78 is 0. The molecule has 6 heteroatoms. The maximum Gasteiger partial charge on any atom is 0.285 e. The lowest BCUT2D eigenvalue weighted by Crippen LogP contribution is -2.10. The summed E-state index contributed by atoms with van der Waals surface area (Å²) in [5.41, 5.74) is 4.91. The summed E-state index contributed by atoms with van der Waals surface area (Å²) in [6.07, 6.45) is 3.17. The van der Waals surface area contributed by atoms with Crippen molar-refractivity contribution in [3.63, 3.8) is 0 Å². The van der Waals surface area contributed by atoms with Crippen LogP contribution in [0.25, 0.3) is 0 Å². The highest BCUT2D eigenvalue weighted by Crippen LogP contribution is 2.14. The molecular weight excluding hydrogens is 276 g/mol. The molecule has 2 aromatic rings. The van der Waals surface area contributed by atoms with E-state index in [9.17, 15) is 4.79 Å². The van der Waals surface area contributed by atoms with Gasteiger partial charge in [0.25, 0.3) is 5.56 Å². The van der Waals surface area contributed by atoms with Gasteiger partial charge < -0.3 is 0 Å². The number of aromatic nitrogens is 2. The molecule has 0 saturated heterocycles. The fourth-order valence-electron chi connectivity index (χ4n) is 1.64. The second-order valence-corrected chi connectivity index (χ2v) is 4.75. The predicted octanol–water partition coefficient (Wildman–Crippen LogP) is 2.84. The molecule has 0 unspecified atom stereocenters. The highest BCUT2D eigenvalue weighted by atomic mass is 35.5. The molecule has 0 atom stereocenters. The number of nitrogens with one attached hydrogen (secondary N) is 2. The minimum absolute atomic E-state index is 0.0552. The van der Waals surface area contributed by atoms with Gasteiger partial charge >= 0.3 is 0 Å². The number of hydrogen-bond acceptors (Lipinski definition) is 4. The van der Waals surface area contributed by atoms with E-state index in [0.717, 1.165) is 18.6 Å². The van der Waals surface area contributed by atoms with Crippen molar-refractivity contribution in [2.75, 3.05) is 5.43 Å². The third kappa shape index (κ3) is 3.93. The van der Waals surface area contributed by atoms with Crippen LogP contribution in [0, 0.1) is 0 Å². The zero-order chi connectivity index (χ0) is 14.4. The van der Waals surface area contributed by atoms with Crippen LogP contribution in [0.4, 0.5) is 5.69 Å². The lowest BCUT2D eigenvalue weighted by molar-refractivity contribution is 0.984. The summed E-state index contributed by atoms with van der Waals surface area (Å²) in [6.45, 7) is 1.92. The summed E-state index contributed by atoms with van der Waals surface area (Å²) in [7, 11) is 0. The largest absolute Gasteiger partial charge is 0.285 e. The second kappa shape index (κ2) is 6.86. The first-order chi connectivity index (χ1) is 9.66. The summed E-state index contributed by atoms with van der Waals surface area (Å²) in [4.78, 5) is 11.3. The number of benzene rings is 1. The van der Waals surface area contributed by atoms with Crippen LogP contribution in [-0.2, 0) is 6.42 Å². The second-order valence-electron chi connectivity index (χ2n) is 4.37. The Morgan fingerprint density at radius 2 is 2.15 bits per heavy atom. The summed E-state index contributed by atoms with van der Waals surface area (Å²) in [6, 6.07) is 10.2. The predicted molar refractivity (Wildman–Crippen MR) is 81.4 cm³/mol. The molecule has 2 N–H and O–H groups in total.